The molecular formula is C24H26FN3O3. The van der Waals surface area contributed by atoms with Crippen LogP contribution in [0, 0.1) is 11.7 Å². The molecule has 2 aromatic rings. The first kappa shape index (κ1) is 22.2. The molecule has 1 saturated heterocycles. The van der Waals surface area contributed by atoms with E-state index in [1.807, 2.05) is 30.3 Å². The molecule has 1 unspecified atom stereocenters. The SMILES string of the molecule is CN(C(=O)C1CCN(C(=O)/C=C/c2ccccc2)CC1)C(C(N)=O)c1cccc(F)c1. The summed E-state index contributed by atoms with van der Waals surface area (Å²) in [6.45, 7) is 0.896. The second kappa shape index (κ2) is 10.0. The summed E-state index contributed by atoms with van der Waals surface area (Å²) in [7, 11) is 1.50. The smallest absolute Gasteiger partial charge is 0.246 e. The van der Waals surface area contributed by atoms with Crippen molar-refractivity contribution in [2.75, 3.05) is 20.1 Å². The minimum atomic E-state index is -1.04. The number of benzene rings is 2. The van der Waals surface area contributed by atoms with Crippen LogP contribution in [0.1, 0.15) is 30.0 Å². The molecule has 7 heteroatoms. The molecule has 1 atom stereocenters. The summed E-state index contributed by atoms with van der Waals surface area (Å²) in [5, 5.41) is 0. The number of nitrogens with two attached hydrogens (primary N) is 1. The molecule has 6 nitrogen and oxygen atoms in total. The molecule has 3 rings (SSSR count). The van der Waals surface area contributed by atoms with Crippen molar-refractivity contribution in [3.05, 3.63) is 77.6 Å². The lowest BCUT2D eigenvalue weighted by atomic mass is 9.93. The average Bonchev–Trinajstić information content (AvgIpc) is 2.77. The number of carbonyl (C=O) groups excluding carboxylic acids is 3. The molecule has 162 valence electrons. The lowest BCUT2D eigenvalue weighted by Gasteiger charge is -2.34. The highest BCUT2D eigenvalue weighted by molar-refractivity contribution is 5.92. The second-order valence-electron chi connectivity index (χ2n) is 7.65. The van der Waals surface area contributed by atoms with Gasteiger partial charge in [0.15, 0.2) is 0 Å². The van der Waals surface area contributed by atoms with E-state index in [0.717, 1.165) is 5.56 Å². The van der Waals surface area contributed by atoms with Crippen molar-refractivity contribution >= 4 is 23.8 Å². The molecule has 1 aliphatic heterocycles. The zero-order valence-electron chi connectivity index (χ0n) is 17.4. The quantitative estimate of drug-likeness (QED) is 0.725. The molecule has 0 aliphatic carbocycles. The van der Waals surface area contributed by atoms with Crippen molar-refractivity contribution in [3.63, 3.8) is 0 Å². The van der Waals surface area contributed by atoms with Gasteiger partial charge >= 0.3 is 0 Å². The van der Waals surface area contributed by atoms with Crippen molar-refractivity contribution < 1.29 is 18.8 Å². The van der Waals surface area contributed by atoms with Crippen LogP contribution in [0.25, 0.3) is 6.08 Å². The third-order valence-corrected chi connectivity index (χ3v) is 5.54. The Morgan fingerprint density at radius 1 is 1.10 bits per heavy atom. The zero-order chi connectivity index (χ0) is 22.4. The van der Waals surface area contributed by atoms with Crippen molar-refractivity contribution in [3.8, 4) is 0 Å². The number of likely N-dealkylation sites (N-methyl/N-ethyl adjacent to an activating group) is 1. The Morgan fingerprint density at radius 2 is 1.77 bits per heavy atom. The molecule has 0 radical (unpaired) electrons. The fourth-order valence-electron chi connectivity index (χ4n) is 3.85. The molecule has 0 spiro atoms. The minimum absolute atomic E-state index is 0.0992. The van der Waals surface area contributed by atoms with E-state index in [2.05, 4.69) is 0 Å². The van der Waals surface area contributed by atoms with Crippen LogP contribution in [0.3, 0.4) is 0 Å². The number of primary amides is 1. The van der Waals surface area contributed by atoms with Gasteiger partial charge in [-0.2, -0.15) is 0 Å². The lowest BCUT2D eigenvalue weighted by molar-refractivity contribution is -0.143. The van der Waals surface area contributed by atoms with Crippen LogP contribution in [0.4, 0.5) is 4.39 Å². The van der Waals surface area contributed by atoms with E-state index in [0.29, 0.717) is 31.5 Å². The van der Waals surface area contributed by atoms with Gasteiger partial charge in [-0.15, -0.1) is 0 Å². The van der Waals surface area contributed by atoms with Gasteiger partial charge in [-0.3, -0.25) is 14.4 Å². The van der Waals surface area contributed by atoms with Gasteiger partial charge in [0.1, 0.15) is 11.9 Å². The van der Waals surface area contributed by atoms with Crippen LogP contribution in [-0.2, 0) is 14.4 Å². The predicted octanol–water partition coefficient (Wildman–Crippen LogP) is 2.76. The number of rotatable bonds is 6. The van der Waals surface area contributed by atoms with E-state index >= 15 is 0 Å². The molecule has 2 N–H and O–H groups in total. The fraction of sp³-hybridized carbons (Fsp3) is 0.292. The maximum Gasteiger partial charge on any atom is 0.246 e. The molecular weight excluding hydrogens is 397 g/mol. The first-order chi connectivity index (χ1) is 14.9. The van der Waals surface area contributed by atoms with Crippen LogP contribution in [0.2, 0.25) is 0 Å². The molecule has 1 aliphatic rings. The average molecular weight is 423 g/mol. The summed E-state index contributed by atoms with van der Waals surface area (Å²) in [5.41, 5.74) is 6.79. The first-order valence-corrected chi connectivity index (χ1v) is 10.2. The Kier molecular flexibility index (Phi) is 7.18. The minimum Gasteiger partial charge on any atom is -0.368 e. The Balaban J connectivity index is 1.60. The number of hydrogen-bond donors (Lipinski definition) is 1. The van der Waals surface area contributed by atoms with Crippen molar-refractivity contribution in [2.45, 2.75) is 18.9 Å². The van der Waals surface area contributed by atoms with Crippen LogP contribution in [-0.4, -0.2) is 47.7 Å². The second-order valence-corrected chi connectivity index (χ2v) is 7.65. The van der Waals surface area contributed by atoms with Gasteiger partial charge < -0.3 is 15.5 Å². The van der Waals surface area contributed by atoms with Crippen molar-refractivity contribution in [1.82, 2.24) is 9.80 Å². The van der Waals surface area contributed by atoms with E-state index < -0.39 is 17.8 Å². The molecule has 0 aromatic heterocycles. The lowest BCUT2D eigenvalue weighted by Crippen LogP contribution is -2.46. The van der Waals surface area contributed by atoms with Crippen LogP contribution >= 0.6 is 0 Å². The zero-order valence-corrected chi connectivity index (χ0v) is 17.4. The highest BCUT2D eigenvalue weighted by Crippen LogP contribution is 2.26. The largest absolute Gasteiger partial charge is 0.368 e. The van der Waals surface area contributed by atoms with E-state index in [-0.39, 0.29) is 17.7 Å². The van der Waals surface area contributed by atoms with Gasteiger partial charge in [-0.1, -0.05) is 42.5 Å². The van der Waals surface area contributed by atoms with E-state index in [1.54, 1.807) is 17.0 Å². The predicted molar refractivity (Wildman–Crippen MR) is 116 cm³/mol. The molecule has 1 heterocycles. The van der Waals surface area contributed by atoms with Gasteiger partial charge in [0, 0.05) is 32.1 Å². The van der Waals surface area contributed by atoms with E-state index in [4.69, 9.17) is 5.73 Å². The molecule has 31 heavy (non-hydrogen) atoms. The van der Waals surface area contributed by atoms with E-state index in [1.165, 1.54) is 36.2 Å². The number of carbonyl (C=O) groups is 3. The van der Waals surface area contributed by atoms with Gasteiger partial charge in [0.05, 0.1) is 0 Å². The van der Waals surface area contributed by atoms with Gasteiger partial charge in [-0.05, 0) is 42.2 Å². The Morgan fingerprint density at radius 3 is 2.39 bits per heavy atom. The topological polar surface area (TPSA) is 83.7 Å². The van der Waals surface area contributed by atoms with Gasteiger partial charge in [-0.25, -0.2) is 4.39 Å². The summed E-state index contributed by atoms with van der Waals surface area (Å²) in [5.74, 6) is -1.89. The summed E-state index contributed by atoms with van der Waals surface area (Å²) in [4.78, 5) is 40.5. The van der Waals surface area contributed by atoms with Crippen LogP contribution < -0.4 is 5.73 Å². The Bertz CT molecular complexity index is 969. The molecule has 2 aromatic carbocycles. The molecule has 3 amide bonds. The molecule has 1 fully saturated rings. The monoisotopic (exact) mass is 423 g/mol. The van der Waals surface area contributed by atoms with Crippen molar-refractivity contribution in [2.24, 2.45) is 11.7 Å². The Hall–Kier alpha value is -3.48. The number of likely N-dealkylation sites (tertiary alicyclic amines) is 1. The highest BCUT2D eigenvalue weighted by atomic mass is 19.1. The third-order valence-electron chi connectivity index (χ3n) is 5.54. The normalized spacial score (nSPS) is 15.6. The molecule has 0 bridgehead atoms. The van der Waals surface area contributed by atoms with E-state index in [9.17, 15) is 18.8 Å². The molecule has 0 saturated carbocycles. The number of amides is 3. The number of nitrogens with zero attached hydrogens (tertiary/aromatic N) is 2. The Labute approximate surface area is 181 Å². The summed E-state index contributed by atoms with van der Waals surface area (Å²) >= 11 is 0. The third kappa shape index (κ3) is 5.57. The highest BCUT2D eigenvalue weighted by Gasteiger charge is 2.33. The summed E-state index contributed by atoms with van der Waals surface area (Å²) in [6.07, 6.45) is 4.28. The number of hydrogen-bond acceptors (Lipinski definition) is 3. The summed E-state index contributed by atoms with van der Waals surface area (Å²) < 4.78 is 13.6. The standard InChI is InChI=1S/C24H26FN3O3/c1-27(22(23(26)30)19-8-5-9-20(25)16-19)24(31)18-12-14-28(15-13-18)21(29)11-10-17-6-3-2-4-7-17/h2-11,16,18,22H,12-15H2,1H3,(H2,26,30)/b11-10+. The van der Waals surface area contributed by atoms with Crippen molar-refractivity contribution in [1.29, 1.82) is 0 Å². The summed E-state index contributed by atoms with van der Waals surface area (Å²) in [6, 6.07) is 14.0. The maximum atomic E-state index is 13.6. The van der Waals surface area contributed by atoms with Gasteiger partial charge in [0.25, 0.3) is 0 Å². The number of piperidine rings is 1. The first-order valence-electron chi connectivity index (χ1n) is 10.2. The van der Waals surface area contributed by atoms with Gasteiger partial charge in [0.2, 0.25) is 17.7 Å². The fourth-order valence-corrected chi connectivity index (χ4v) is 3.85. The number of halogens is 1. The maximum absolute atomic E-state index is 13.6. The van der Waals surface area contributed by atoms with Crippen LogP contribution in [0.15, 0.2) is 60.7 Å². The van der Waals surface area contributed by atoms with Crippen LogP contribution in [0.5, 0.6) is 0 Å².